The summed E-state index contributed by atoms with van der Waals surface area (Å²) in [6, 6.07) is 13.5. The Morgan fingerprint density at radius 3 is 2.12 bits per heavy atom. The number of hydrogen-bond donors (Lipinski definition) is 2. The molecule has 2 aromatic rings. The number of likely N-dealkylation sites (N-methyl/N-ethyl adjacent to an activating group) is 1. The standard InChI is InChI=1S/C25H33N3O5/c1-7-28(21(29)16-26-24(31)33-25(3,4)5)22(18-10-8-17(2)9-11-18)23(30)27-19-12-14-20(32-6)15-13-19/h8-15,22H,7,16H2,1-6H3,(H,26,31)(H,27,30). The lowest BCUT2D eigenvalue weighted by atomic mass is 10.0. The van der Waals surface area contributed by atoms with Gasteiger partial charge in [-0.1, -0.05) is 29.8 Å². The van der Waals surface area contributed by atoms with Crippen LogP contribution in [0.1, 0.15) is 44.9 Å². The fourth-order valence-corrected chi connectivity index (χ4v) is 3.17. The molecule has 0 saturated heterocycles. The number of amides is 3. The molecular formula is C25H33N3O5. The molecule has 33 heavy (non-hydrogen) atoms. The number of nitrogens with zero attached hydrogens (tertiary/aromatic N) is 1. The molecule has 0 spiro atoms. The minimum Gasteiger partial charge on any atom is -0.497 e. The molecule has 2 aromatic carbocycles. The Morgan fingerprint density at radius 1 is 1.00 bits per heavy atom. The SMILES string of the molecule is CCN(C(=O)CNC(=O)OC(C)(C)C)C(C(=O)Nc1ccc(OC)cc1)c1ccc(C)cc1. The van der Waals surface area contributed by atoms with Crippen LogP contribution in [0.5, 0.6) is 5.75 Å². The average Bonchev–Trinajstić information content (AvgIpc) is 2.76. The highest BCUT2D eigenvalue weighted by Crippen LogP contribution is 2.24. The third kappa shape index (κ3) is 7.82. The van der Waals surface area contributed by atoms with Crippen molar-refractivity contribution in [2.75, 3.05) is 25.5 Å². The van der Waals surface area contributed by atoms with Crippen molar-refractivity contribution < 1.29 is 23.9 Å². The highest BCUT2D eigenvalue weighted by Gasteiger charge is 2.31. The number of carbonyl (C=O) groups excluding carboxylic acids is 3. The molecular weight excluding hydrogens is 422 g/mol. The van der Waals surface area contributed by atoms with E-state index in [9.17, 15) is 14.4 Å². The smallest absolute Gasteiger partial charge is 0.408 e. The van der Waals surface area contributed by atoms with E-state index in [0.29, 0.717) is 17.0 Å². The lowest BCUT2D eigenvalue weighted by Crippen LogP contribution is -2.46. The van der Waals surface area contributed by atoms with Gasteiger partial charge in [0.05, 0.1) is 7.11 Å². The Kier molecular flexibility index (Phi) is 8.85. The van der Waals surface area contributed by atoms with Gasteiger partial charge in [0.1, 0.15) is 23.9 Å². The van der Waals surface area contributed by atoms with E-state index in [1.807, 2.05) is 31.2 Å². The van der Waals surface area contributed by atoms with Gasteiger partial charge in [0.2, 0.25) is 5.91 Å². The van der Waals surface area contributed by atoms with Crippen molar-refractivity contribution in [2.45, 2.75) is 46.3 Å². The lowest BCUT2D eigenvalue weighted by molar-refractivity contribution is -0.138. The number of ether oxygens (including phenoxy) is 2. The summed E-state index contributed by atoms with van der Waals surface area (Å²) in [5, 5.41) is 5.34. The molecule has 0 aromatic heterocycles. The number of alkyl carbamates (subject to hydrolysis) is 1. The van der Waals surface area contributed by atoms with Gasteiger partial charge in [-0.15, -0.1) is 0 Å². The van der Waals surface area contributed by atoms with Crippen LogP contribution in [0, 0.1) is 6.92 Å². The largest absolute Gasteiger partial charge is 0.497 e. The van der Waals surface area contributed by atoms with Gasteiger partial charge >= 0.3 is 6.09 Å². The number of rotatable bonds is 8. The zero-order valence-electron chi connectivity index (χ0n) is 20.1. The summed E-state index contributed by atoms with van der Waals surface area (Å²) in [5.74, 6) is -0.100. The molecule has 0 aliphatic rings. The summed E-state index contributed by atoms with van der Waals surface area (Å²) in [6.07, 6.45) is -0.693. The van der Waals surface area contributed by atoms with Crippen molar-refractivity contribution in [1.82, 2.24) is 10.2 Å². The predicted molar refractivity (Wildman–Crippen MR) is 127 cm³/mol. The molecule has 8 nitrogen and oxygen atoms in total. The van der Waals surface area contributed by atoms with Crippen molar-refractivity contribution in [3.63, 3.8) is 0 Å². The van der Waals surface area contributed by atoms with Crippen LogP contribution in [0.4, 0.5) is 10.5 Å². The van der Waals surface area contributed by atoms with Crippen LogP contribution in [0.2, 0.25) is 0 Å². The maximum atomic E-state index is 13.3. The van der Waals surface area contributed by atoms with Crippen molar-refractivity contribution >= 4 is 23.6 Å². The summed E-state index contributed by atoms with van der Waals surface area (Å²) >= 11 is 0. The molecule has 0 fully saturated rings. The number of hydrogen-bond acceptors (Lipinski definition) is 5. The fraction of sp³-hybridized carbons (Fsp3) is 0.400. The molecule has 1 unspecified atom stereocenters. The van der Waals surface area contributed by atoms with E-state index in [4.69, 9.17) is 9.47 Å². The monoisotopic (exact) mass is 455 g/mol. The van der Waals surface area contributed by atoms with Gasteiger partial charge in [-0.05, 0) is 64.4 Å². The Morgan fingerprint density at radius 2 is 1.61 bits per heavy atom. The third-order valence-electron chi connectivity index (χ3n) is 4.75. The topological polar surface area (TPSA) is 97.0 Å². The molecule has 0 radical (unpaired) electrons. The number of benzene rings is 2. The van der Waals surface area contributed by atoms with E-state index in [0.717, 1.165) is 5.56 Å². The summed E-state index contributed by atoms with van der Waals surface area (Å²) in [7, 11) is 1.57. The van der Waals surface area contributed by atoms with E-state index in [1.165, 1.54) is 4.90 Å². The number of aryl methyl sites for hydroxylation is 1. The molecule has 2 N–H and O–H groups in total. The molecule has 0 bridgehead atoms. The van der Waals surface area contributed by atoms with Gasteiger partial charge in [-0.25, -0.2) is 4.79 Å². The molecule has 1 atom stereocenters. The van der Waals surface area contributed by atoms with Crippen LogP contribution in [0.15, 0.2) is 48.5 Å². The highest BCUT2D eigenvalue weighted by molar-refractivity contribution is 5.98. The van der Waals surface area contributed by atoms with Gasteiger partial charge in [0.25, 0.3) is 5.91 Å². The third-order valence-corrected chi connectivity index (χ3v) is 4.75. The van der Waals surface area contributed by atoms with Crippen molar-refractivity contribution in [1.29, 1.82) is 0 Å². The van der Waals surface area contributed by atoms with Gasteiger partial charge in [0.15, 0.2) is 0 Å². The summed E-state index contributed by atoms with van der Waals surface area (Å²) in [6.45, 7) is 8.93. The van der Waals surface area contributed by atoms with Crippen molar-refractivity contribution in [3.05, 3.63) is 59.7 Å². The molecule has 0 saturated carbocycles. The second kappa shape index (κ2) is 11.4. The van der Waals surface area contributed by atoms with Crippen LogP contribution in [0.25, 0.3) is 0 Å². The van der Waals surface area contributed by atoms with E-state index >= 15 is 0 Å². The van der Waals surface area contributed by atoms with Crippen molar-refractivity contribution in [2.24, 2.45) is 0 Å². The van der Waals surface area contributed by atoms with Gasteiger partial charge in [-0.2, -0.15) is 0 Å². The zero-order valence-corrected chi connectivity index (χ0v) is 20.1. The summed E-state index contributed by atoms with van der Waals surface area (Å²) < 4.78 is 10.4. The second-order valence-corrected chi connectivity index (χ2v) is 8.57. The van der Waals surface area contributed by atoms with E-state index in [-0.39, 0.29) is 19.0 Å². The number of nitrogens with one attached hydrogen (secondary N) is 2. The van der Waals surface area contributed by atoms with Gasteiger partial charge < -0.3 is 25.0 Å². The lowest BCUT2D eigenvalue weighted by Gasteiger charge is -2.30. The summed E-state index contributed by atoms with van der Waals surface area (Å²) in [5.41, 5.74) is 1.60. The second-order valence-electron chi connectivity index (χ2n) is 8.57. The molecule has 178 valence electrons. The molecule has 8 heteroatoms. The normalized spacial score (nSPS) is 11.8. The molecule has 0 heterocycles. The molecule has 0 aliphatic heterocycles. The first kappa shape index (κ1) is 25.7. The number of anilines is 1. The van der Waals surface area contributed by atoms with E-state index < -0.39 is 23.6 Å². The first-order valence-corrected chi connectivity index (χ1v) is 10.8. The zero-order chi connectivity index (χ0) is 24.6. The van der Waals surface area contributed by atoms with E-state index in [1.54, 1.807) is 59.1 Å². The fourth-order valence-electron chi connectivity index (χ4n) is 3.17. The number of methoxy groups -OCH3 is 1. The Labute approximate surface area is 195 Å². The van der Waals surface area contributed by atoms with Gasteiger partial charge in [0, 0.05) is 12.2 Å². The van der Waals surface area contributed by atoms with Crippen LogP contribution < -0.4 is 15.4 Å². The first-order valence-electron chi connectivity index (χ1n) is 10.8. The first-order chi connectivity index (χ1) is 15.5. The predicted octanol–water partition coefficient (Wildman–Crippen LogP) is 4.06. The van der Waals surface area contributed by atoms with Crippen LogP contribution in [0.3, 0.4) is 0 Å². The number of carbonyl (C=O) groups is 3. The average molecular weight is 456 g/mol. The van der Waals surface area contributed by atoms with Crippen LogP contribution in [-0.4, -0.2) is 48.6 Å². The molecule has 3 amide bonds. The van der Waals surface area contributed by atoms with Crippen molar-refractivity contribution in [3.8, 4) is 5.75 Å². The Bertz CT molecular complexity index is 950. The molecule has 2 rings (SSSR count). The van der Waals surface area contributed by atoms with E-state index in [2.05, 4.69) is 10.6 Å². The van der Waals surface area contributed by atoms with Crippen LogP contribution in [-0.2, 0) is 14.3 Å². The maximum Gasteiger partial charge on any atom is 0.408 e. The summed E-state index contributed by atoms with van der Waals surface area (Å²) in [4.78, 5) is 39.8. The van der Waals surface area contributed by atoms with Gasteiger partial charge in [-0.3, -0.25) is 9.59 Å². The molecule has 0 aliphatic carbocycles. The Balaban J connectivity index is 2.24. The maximum absolute atomic E-state index is 13.3. The quantitative estimate of drug-likeness (QED) is 0.626. The highest BCUT2D eigenvalue weighted by atomic mass is 16.6. The minimum absolute atomic E-state index is 0.267. The Hall–Kier alpha value is -3.55. The minimum atomic E-state index is -0.884. The van der Waals surface area contributed by atoms with Crippen LogP contribution >= 0.6 is 0 Å².